The van der Waals surface area contributed by atoms with Crippen molar-refractivity contribution in [3.63, 3.8) is 0 Å². The van der Waals surface area contributed by atoms with Gasteiger partial charge in [-0.05, 0) is 31.0 Å². The fraction of sp³-hybridized carbons (Fsp3) is 0.238. The summed E-state index contributed by atoms with van der Waals surface area (Å²) in [5.41, 5.74) is 8.47. The third-order valence-corrected chi connectivity index (χ3v) is 5.35. The standard InChI is InChI=1S/C21H19N7O2S/c1-12(2)28-10-18(30-27-28)25-17(29)11-31-21-16(9-23)19(15(8-22)20(24)26-21)14-6-4-13(3)5-7-14/h4-7,10,12H,11H2,1-3H3,(H2-,24,25,26,27,29)/p+1. The van der Waals surface area contributed by atoms with Gasteiger partial charge in [0.25, 0.3) is 6.20 Å². The Labute approximate surface area is 183 Å². The number of aryl methyl sites for hydroxylation is 1. The Hall–Kier alpha value is -3.89. The maximum atomic E-state index is 12.3. The molecule has 31 heavy (non-hydrogen) atoms. The highest BCUT2D eigenvalue weighted by Crippen LogP contribution is 2.35. The first-order chi connectivity index (χ1) is 14.8. The van der Waals surface area contributed by atoms with Crippen molar-refractivity contribution in [3.05, 3.63) is 47.2 Å². The molecule has 0 radical (unpaired) electrons. The zero-order valence-corrected chi connectivity index (χ0v) is 18.0. The fourth-order valence-electron chi connectivity index (χ4n) is 2.78. The second-order valence-corrected chi connectivity index (χ2v) is 7.96. The van der Waals surface area contributed by atoms with Gasteiger partial charge in [0.2, 0.25) is 11.2 Å². The van der Waals surface area contributed by atoms with Gasteiger partial charge in [-0.2, -0.15) is 10.5 Å². The SMILES string of the molecule is Cc1ccc(-c2c(C#N)c(N)nc(SCC(=O)Nc3c[n+](C(C)C)no3)c2C#N)cc1. The maximum absolute atomic E-state index is 12.3. The number of pyridine rings is 1. The molecule has 0 aliphatic heterocycles. The molecular formula is C21H20N7O2S+. The topological polar surface area (TPSA) is 146 Å². The van der Waals surface area contributed by atoms with E-state index in [0.717, 1.165) is 17.3 Å². The van der Waals surface area contributed by atoms with Crippen molar-refractivity contribution in [1.29, 1.82) is 10.5 Å². The number of nitrogen functional groups attached to an aromatic ring is 1. The van der Waals surface area contributed by atoms with E-state index in [1.807, 2.05) is 51.1 Å². The maximum Gasteiger partial charge on any atom is 0.302 e. The Morgan fingerprint density at radius 2 is 1.94 bits per heavy atom. The summed E-state index contributed by atoms with van der Waals surface area (Å²) in [7, 11) is 0. The Balaban J connectivity index is 1.87. The zero-order valence-electron chi connectivity index (χ0n) is 17.2. The van der Waals surface area contributed by atoms with Crippen LogP contribution in [0.4, 0.5) is 11.7 Å². The van der Waals surface area contributed by atoms with Gasteiger partial charge < -0.3 is 5.73 Å². The summed E-state index contributed by atoms with van der Waals surface area (Å²) in [5, 5.41) is 26.1. The number of benzene rings is 1. The number of aromatic nitrogens is 3. The van der Waals surface area contributed by atoms with E-state index in [9.17, 15) is 15.3 Å². The highest BCUT2D eigenvalue weighted by atomic mass is 32.2. The summed E-state index contributed by atoms with van der Waals surface area (Å²) in [5.74, 6) is -0.175. The van der Waals surface area contributed by atoms with Crippen LogP contribution >= 0.6 is 11.8 Å². The van der Waals surface area contributed by atoms with Crippen LogP contribution in [-0.2, 0) is 4.79 Å². The van der Waals surface area contributed by atoms with Crippen LogP contribution in [0, 0.1) is 29.6 Å². The molecule has 3 rings (SSSR count). The highest BCUT2D eigenvalue weighted by Gasteiger charge is 2.22. The van der Waals surface area contributed by atoms with Crippen LogP contribution in [0.25, 0.3) is 11.1 Å². The lowest BCUT2D eigenvalue weighted by molar-refractivity contribution is -0.779. The molecule has 10 heteroatoms. The molecule has 0 saturated carbocycles. The van der Waals surface area contributed by atoms with Gasteiger partial charge in [-0.15, -0.1) is 0 Å². The molecule has 0 fully saturated rings. The molecule has 9 nitrogen and oxygen atoms in total. The van der Waals surface area contributed by atoms with Crippen molar-refractivity contribution in [2.45, 2.75) is 31.8 Å². The molecule has 0 unspecified atom stereocenters. The van der Waals surface area contributed by atoms with Crippen LogP contribution in [-0.4, -0.2) is 21.9 Å². The first-order valence-electron chi connectivity index (χ1n) is 9.35. The third-order valence-electron chi connectivity index (χ3n) is 4.37. The molecule has 3 aromatic rings. The van der Waals surface area contributed by atoms with Crippen LogP contribution in [0.15, 0.2) is 40.0 Å². The van der Waals surface area contributed by atoms with Crippen LogP contribution in [0.2, 0.25) is 0 Å². The van der Waals surface area contributed by atoms with Gasteiger partial charge in [-0.3, -0.25) is 14.6 Å². The van der Waals surface area contributed by atoms with E-state index in [-0.39, 0.29) is 45.6 Å². The summed E-state index contributed by atoms with van der Waals surface area (Å²) >= 11 is 1.05. The molecule has 2 heterocycles. The third kappa shape index (κ3) is 4.82. The number of carbonyl (C=O) groups is 1. The second kappa shape index (κ2) is 9.28. The molecule has 3 N–H and O–H groups in total. The number of amides is 1. The Kier molecular flexibility index (Phi) is 6.53. The zero-order chi connectivity index (χ0) is 22.5. The minimum atomic E-state index is -0.359. The molecule has 1 amide bonds. The van der Waals surface area contributed by atoms with E-state index < -0.39 is 0 Å². The van der Waals surface area contributed by atoms with Crippen LogP contribution in [0.5, 0.6) is 0 Å². The minimum Gasteiger partial charge on any atom is -0.383 e. The summed E-state index contributed by atoms with van der Waals surface area (Å²) in [6, 6.07) is 11.7. The molecule has 0 atom stereocenters. The number of nitriles is 2. The van der Waals surface area contributed by atoms with Gasteiger partial charge in [-0.1, -0.05) is 41.6 Å². The smallest absolute Gasteiger partial charge is 0.302 e. The van der Waals surface area contributed by atoms with E-state index in [2.05, 4.69) is 21.6 Å². The van der Waals surface area contributed by atoms with Crippen LogP contribution in [0.3, 0.4) is 0 Å². The van der Waals surface area contributed by atoms with Gasteiger partial charge >= 0.3 is 5.88 Å². The molecule has 0 saturated heterocycles. The number of nitrogens with two attached hydrogens (primary N) is 1. The van der Waals surface area contributed by atoms with Crippen molar-refractivity contribution in [1.82, 2.24) is 10.3 Å². The highest BCUT2D eigenvalue weighted by molar-refractivity contribution is 8.00. The lowest BCUT2D eigenvalue weighted by atomic mass is 9.96. The number of hydrogen-bond donors (Lipinski definition) is 2. The number of nitrogens with zero attached hydrogens (tertiary/aromatic N) is 5. The van der Waals surface area contributed by atoms with Gasteiger partial charge in [0.1, 0.15) is 28.5 Å². The summed E-state index contributed by atoms with van der Waals surface area (Å²) in [6.07, 6.45) is 1.58. The number of nitrogens with one attached hydrogen (secondary N) is 1. The average Bonchev–Trinajstić information content (AvgIpc) is 3.21. The second-order valence-electron chi connectivity index (χ2n) is 6.99. The summed E-state index contributed by atoms with van der Waals surface area (Å²) in [6.45, 7) is 5.80. The van der Waals surface area contributed by atoms with Crippen molar-refractivity contribution >= 4 is 29.4 Å². The van der Waals surface area contributed by atoms with Crippen molar-refractivity contribution in [2.75, 3.05) is 16.8 Å². The normalized spacial score (nSPS) is 10.5. The number of thioether (sulfide) groups is 1. The first-order valence-corrected chi connectivity index (χ1v) is 10.3. The number of carbonyl (C=O) groups excluding carboxylic acids is 1. The minimum absolute atomic E-state index is 0.00759. The van der Waals surface area contributed by atoms with E-state index in [1.165, 1.54) is 0 Å². The van der Waals surface area contributed by atoms with E-state index in [0.29, 0.717) is 11.1 Å². The lowest BCUT2D eigenvalue weighted by Crippen LogP contribution is -2.36. The monoisotopic (exact) mass is 434 g/mol. The van der Waals surface area contributed by atoms with E-state index in [4.69, 9.17) is 10.3 Å². The molecule has 0 spiro atoms. The van der Waals surface area contributed by atoms with Crippen LogP contribution < -0.4 is 15.7 Å². The van der Waals surface area contributed by atoms with Gasteiger partial charge in [-0.25, -0.2) is 4.98 Å². The predicted molar refractivity (Wildman–Crippen MR) is 115 cm³/mol. The molecular weight excluding hydrogens is 414 g/mol. The molecule has 1 aromatic carbocycles. The average molecular weight is 435 g/mol. The number of rotatable bonds is 6. The summed E-state index contributed by atoms with van der Waals surface area (Å²) < 4.78 is 6.65. The molecule has 0 bridgehead atoms. The quantitative estimate of drug-likeness (QED) is 0.445. The van der Waals surface area contributed by atoms with Gasteiger partial charge in [0, 0.05) is 5.56 Å². The van der Waals surface area contributed by atoms with Crippen molar-refractivity contribution < 1.29 is 14.0 Å². The lowest BCUT2D eigenvalue weighted by Gasteiger charge is -2.13. The molecule has 0 aliphatic carbocycles. The summed E-state index contributed by atoms with van der Waals surface area (Å²) in [4.78, 5) is 16.5. The van der Waals surface area contributed by atoms with Gasteiger partial charge in [0.05, 0.1) is 11.3 Å². The Morgan fingerprint density at radius 1 is 1.26 bits per heavy atom. The van der Waals surface area contributed by atoms with Crippen molar-refractivity contribution in [2.24, 2.45) is 0 Å². The predicted octanol–water partition coefficient (Wildman–Crippen LogP) is 2.97. The largest absolute Gasteiger partial charge is 0.383 e. The molecule has 0 aliphatic rings. The fourth-order valence-corrected chi connectivity index (χ4v) is 3.57. The van der Waals surface area contributed by atoms with Gasteiger partial charge in [0.15, 0.2) is 6.04 Å². The first kappa shape index (κ1) is 21.8. The number of hydrogen-bond acceptors (Lipinski definition) is 8. The Morgan fingerprint density at radius 3 is 2.52 bits per heavy atom. The molecule has 2 aromatic heterocycles. The molecule has 156 valence electrons. The number of anilines is 2. The van der Waals surface area contributed by atoms with Crippen molar-refractivity contribution in [3.8, 4) is 23.3 Å². The van der Waals surface area contributed by atoms with Crippen LogP contribution in [0.1, 0.15) is 36.6 Å². The van der Waals surface area contributed by atoms with E-state index in [1.54, 1.807) is 10.9 Å². The van der Waals surface area contributed by atoms with E-state index >= 15 is 0 Å². The Bertz CT molecular complexity index is 1200.